The molecule has 1 aromatic rings. The Morgan fingerprint density at radius 2 is 2.25 bits per heavy atom. The first-order chi connectivity index (χ1) is 7.63. The zero-order chi connectivity index (χ0) is 11.7. The molecular weight excluding hydrogens is 222 g/mol. The lowest BCUT2D eigenvalue weighted by atomic mass is 10.1. The predicted octanol–water partition coefficient (Wildman–Crippen LogP) is 2.61. The highest BCUT2D eigenvalue weighted by Crippen LogP contribution is 2.33. The number of amidine groups is 1. The maximum Gasteiger partial charge on any atom is 0.124 e. The summed E-state index contributed by atoms with van der Waals surface area (Å²) < 4.78 is 0. The Morgan fingerprint density at radius 1 is 1.56 bits per heavy atom. The van der Waals surface area contributed by atoms with E-state index < -0.39 is 0 Å². The summed E-state index contributed by atoms with van der Waals surface area (Å²) >= 11 is 6.10. The van der Waals surface area contributed by atoms with E-state index in [1.165, 1.54) is 12.8 Å². The molecule has 0 heterocycles. The molecule has 3 N–H and O–H groups in total. The van der Waals surface area contributed by atoms with Gasteiger partial charge in [-0.15, -0.1) is 0 Å². The van der Waals surface area contributed by atoms with Crippen LogP contribution in [0.15, 0.2) is 18.2 Å². The van der Waals surface area contributed by atoms with Crippen molar-refractivity contribution in [1.82, 2.24) is 0 Å². The van der Waals surface area contributed by atoms with Crippen LogP contribution in [-0.4, -0.2) is 18.4 Å². The summed E-state index contributed by atoms with van der Waals surface area (Å²) in [6.45, 7) is 3.13. The Kier molecular flexibility index (Phi) is 3.06. The molecule has 1 fully saturated rings. The number of halogens is 1. The van der Waals surface area contributed by atoms with E-state index >= 15 is 0 Å². The maximum atomic E-state index is 7.38. The zero-order valence-electron chi connectivity index (χ0n) is 9.33. The highest BCUT2D eigenvalue weighted by Gasteiger charge is 2.28. The highest BCUT2D eigenvalue weighted by molar-refractivity contribution is 6.34. The molecule has 1 saturated carbocycles. The van der Waals surface area contributed by atoms with E-state index in [0.29, 0.717) is 16.6 Å². The van der Waals surface area contributed by atoms with Crippen LogP contribution in [-0.2, 0) is 0 Å². The van der Waals surface area contributed by atoms with Crippen LogP contribution in [0, 0.1) is 5.41 Å². The molecule has 0 amide bonds. The van der Waals surface area contributed by atoms with Gasteiger partial charge in [0.05, 0.1) is 5.02 Å². The van der Waals surface area contributed by atoms with E-state index in [-0.39, 0.29) is 5.84 Å². The van der Waals surface area contributed by atoms with Crippen molar-refractivity contribution in [3.8, 4) is 0 Å². The number of nitrogens with two attached hydrogens (primary N) is 1. The fourth-order valence-corrected chi connectivity index (χ4v) is 2.22. The molecule has 0 bridgehead atoms. The normalized spacial score (nSPS) is 14.9. The number of nitrogens with one attached hydrogen (secondary N) is 1. The van der Waals surface area contributed by atoms with Crippen LogP contribution in [0.5, 0.6) is 0 Å². The quantitative estimate of drug-likeness (QED) is 0.625. The summed E-state index contributed by atoms with van der Waals surface area (Å²) in [6, 6.07) is 6.39. The van der Waals surface area contributed by atoms with Gasteiger partial charge in [0.2, 0.25) is 0 Å². The maximum absolute atomic E-state index is 7.38. The molecule has 0 unspecified atom stereocenters. The fraction of sp³-hybridized carbons (Fsp3) is 0.417. The summed E-state index contributed by atoms with van der Waals surface area (Å²) in [6.07, 6.45) is 2.53. The first-order valence-electron chi connectivity index (χ1n) is 5.54. The minimum absolute atomic E-state index is 0.0195. The average Bonchev–Trinajstić information content (AvgIpc) is 3.02. The van der Waals surface area contributed by atoms with Gasteiger partial charge in [-0.25, -0.2) is 0 Å². The molecule has 0 aromatic heterocycles. The van der Waals surface area contributed by atoms with Crippen molar-refractivity contribution in [2.45, 2.75) is 25.8 Å². The third kappa shape index (κ3) is 2.14. The third-order valence-electron chi connectivity index (χ3n) is 2.90. The molecule has 86 valence electrons. The van der Waals surface area contributed by atoms with Gasteiger partial charge >= 0.3 is 0 Å². The van der Waals surface area contributed by atoms with Crippen LogP contribution < -0.4 is 10.6 Å². The van der Waals surface area contributed by atoms with Crippen LogP contribution >= 0.6 is 11.6 Å². The fourth-order valence-electron chi connectivity index (χ4n) is 1.94. The number of anilines is 1. The van der Waals surface area contributed by atoms with Crippen molar-refractivity contribution in [3.05, 3.63) is 28.8 Å². The van der Waals surface area contributed by atoms with Crippen LogP contribution in [0.1, 0.15) is 25.3 Å². The number of nitrogen functional groups attached to an aromatic ring is 1. The Labute approximate surface area is 101 Å². The second kappa shape index (κ2) is 4.34. The van der Waals surface area contributed by atoms with Gasteiger partial charge in [-0.05, 0) is 38.0 Å². The van der Waals surface area contributed by atoms with Crippen molar-refractivity contribution in [2.24, 2.45) is 5.73 Å². The third-order valence-corrected chi connectivity index (χ3v) is 3.22. The molecule has 0 aliphatic heterocycles. The molecule has 1 aliphatic carbocycles. The molecule has 4 heteroatoms. The summed E-state index contributed by atoms with van der Waals surface area (Å²) in [5.74, 6) is 0.0195. The van der Waals surface area contributed by atoms with Crippen LogP contribution in [0.2, 0.25) is 5.02 Å². The summed E-state index contributed by atoms with van der Waals surface area (Å²) in [5.41, 5.74) is 7.16. The van der Waals surface area contributed by atoms with Crippen molar-refractivity contribution in [2.75, 3.05) is 11.4 Å². The number of nitrogens with zero attached hydrogens (tertiary/aromatic N) is 1. The molecule has 0 spiro atoms. The van der Waals surface area contributed by atoms with Crippen molar-refractivity contribution < 1.29 is 0 Å². The number of hydrogen-bond acceptors (Lipinski definition) is 2. The van der Waals surface area contributed by atoms with E-state index in [4.69, 9.17) is 22.7 Å². The molecule has 1 aromatic carbocycles. The van der Waals surface area contributed by atoms with E-state index in [9.17, 15) is 0 Å². The Morgan fingerprint density at radius 3 is 2.69 bits per heavy atom. The van der Waals surface area contributed by atoms with Gasteiger partial charge in [0, 0.05) is 23.8 Å². The Bertz CT molecular complexity index is 413. The molecule has 0 saturated heterocycles. The lowest BCUT2D eigenvalue weighted by molar-refractivity contribution is 0.826. The van der Waals surface area contributed by atoms with E-state index in [2.05, 4.69) is 11.8 Å². The first-order valence-corrected chi connectivity index (χ1v) is 5.92. The van der Waals surface area contributed by atoms with E-state index in [0.717, 1.165) is 12.2 Å². The van der Waals surface area contributed by atoms with Gasteiger partial charge in [0.15, 0.2) is 0 Å². The van der Waals surface area contributed by atoms with E-state index in [1.807, 2.05) is 18.2 Å². The van der Waals surface area contributed by atoms with Gasteiger partial charge in [-0.1, -0.05) is 11.6 Å². The van der Waals surface area contributed by atoms with Crippen molar-refractivity contribution in [3.63, 3.8) is 0 Å². The van der Waals surface area contributed by atoms with Crippen molar-refractivity contribution in [1.29, 1.82) is 5.41 Å². The predicted molar refractivity (Wildman–Crippen MR) is 68.5 cm³/mol. The van der Waals surface area contributed by atoms with E-state index in [1.54, 1.807) is 0 Å². The van der Waals surface area contributed by atoms with Gasteiger partial charge in [0.25, 0.3) is 0 Å². The largest absolute Gasteiger partial charge is 0.384 e. The molecule has 2 rings (SSSR count). The Hall–Kier alpha value is -1.22. The summed E-state index contributed by atoms with van der Waals surface area (Å²) in [7, 11) is 0. The second-order valence-corrected chi connectivity index (χ2v) is 4.50. The average molecular weight is 238 g/mol. The summed E-state index contributed by atoms with van der Waals surface area (Å²) in [5, 5.41) is 7.93. The smallest absolute Gasteiger partial charge is 0.124 e. The molecule has 0 atom stereocenters. The van der Waals surface area contributed by atoms with Crippen LogP contribution in [0.25, 0.3) is 0 Å². The van der Waals surface area contributed by atoms with Gasteiger partial charge in [-0.3, -0.25) is 5.41 Å². The monoisotopic (exact) mass is 237 g/mol. The number of rotatable bonds is 4. The Balaban J connectivity index is 2.28. The molecule has 3 nitrogen and oxygen atoms in total. The van der Waals surface area contributed by atoms with Gasteiger partial charge in [0.1, 0.15) is 5.84 Å². The highest BCUT2D eigenvalue weighted by atomic mass is 35.5. The molecular formula is C12H16ClN3. The molecule has 16 heavy (non-hydrogen) atoms. The zero-order valence-corrected chi connectivity index (χ0v) is 10.1. The lowest BCUT2D eigenvalue weighted by Gasteiger charge is -2.23. The number of hydrogen-bond donors (Lipinski definition) is 2. The first kappa shape index (κ1) is 11.3. The van der Waals surface area contributed by atoms with Gasteiger partial charge in [-0.2, -0.15) is 0 Å². The standard InChI is InChI=1S/C12H16ClN3/c1-2-16(8-3-4-8)9-5-6-10(12(14)15)11(13)7-9/h5-8H,2-4H2,1H3,(H3,14,15). The molecule has 0 radical (unpaired) electrons. The topological polar surface area (TPSA) is 53.1 Å². The lowest BCUT2D eigenvalue weighted by Crippen LogP contribution is -2.25. The van der Waals surface area contributed by atoms with Crippen LogP contribution in [0.4, 0.5) is 5.69 Å². The minimum atomic E-state index is 0.0195. The summed E-state index contributed by atoms with van der Waals surface area (Å²) in [4.78, 5) is 2.34. The molecule has 1 aliphatic rings. The van der Waals surface area contributed by atoms with Crippen LogP contribution in [0.3, 0.4) is 0 Å². The second-order valence-electron chi connectivity index (χ2n) is 4.10. The van der Waals surface area contributed by atoms with Crippen molar-refractivity contribution >= 4 is 23.1 Å². The SMILES string of the molecule is CCN(c1ccc(C(=N)N)c(Cl)c1)C1CC1. The minimum Gasteiger partial charge on any atom is -0.384 e. The number of benzene rings is 1. The van der Waals surface area contributed by atoms with Gasteiger partial charge < -0.3 is 10.6 Å².